The zero-order chi connectivity index (χ0) is 14.8. The van der Waals surface area contributed by atoms with Gasteiger partial charge in [0.2, 0.25) is 10.0 Å². The summed E-state index contributed by atoms with van der Waals surface area (Å²) < 4.78 is 64.9. The molecule has 0 aliphatic heterocycles. The third-order valence-corrected chi connectivity index (χ3v) is 4.07. The number of sulfonamides is 1. The van der Waals surface area contributed by atoms with Crippen LogP contribution in [0.25, 0.3) is 0 Å². The van der Waals surface area contributed by atoms with Crippen molar-refractivity contribution in [2.24, 2.45) is 11.7 Å². The SMILES string of the molecule is CC(C)C(N)CNS(=O)(=O)c1c(F)cc(F)cc1F. The van der Waals surface area contributed by atoms with Crippen molar-refractivity contribution in [1.29, 1.82) is 0 Å². The van der Waals surface area contributed by atoms with Gasteiger partial charge in [-0.15, -0.1) is 0 Å². The van der Waals surface area contributed by atoms with Crippen LogP contribution in [0.3, 0.4) is 0 Å². The molecule has 1 aromatic rings. The summed E-state index contributed by atoms with van der Waals surface area (Å²) in [5.41, 5.74) is 5.63. The molecule has 0 spiro atoms. The minimum absolute atomic E-state index is 0.00869. The highest BCUT2D eigenvalue weighted by Crippen LogP contribution is 2.19. The number of halogens is 3. The lowest BCUT2D eigenvalue weighted by Crippen LogP contribution is -2.40. The van der Waals surface area contributed by atoms with E-state index in [0.29, 0.717) is 12.1 Å². The largest absolute Gasteiger partial charge is 0.326 e. The minimum atomic E-state index is -4.41. The molecule has 0 aliphatic carbocycles. The summed E-state index contributed by atoms with van der Waals surface area (Å²) in [6.45, 7) is 3.38. The van der Waals surface area contributed by atoms with Gasteiger partial charge in [-0.05, 0) is 5.92 Å². The molecular formula is C11H15F3N2O2S. The lowest BCUT2D eigenvalue weighted by atomic mass is 10.1. The zero-order valence-corrected chi connectivity index (χ0v) is 11.3. The summed E-state index contributed by atoms with van der Waals surface area (Å²) in [4.78, 5) is -1.20. The van der Waals surface area contributed by atoms with E-state index in [-0.39, 0.29) is 12.5 Å². The first kappa shape index (κ1) is 15.9. The summed E-state index contributed by atoms with van der Waals surface area (Å²) >= 11 is 0. The lowest BCUT2D eigenvalue weighted by Gasteiger charge is -2.16. The molecule has 0 saturated heterocycles. The van der Waals surface area contributed by atoms with Gasteiger partial charge >= 0.3 is 0 Å². The van der Waals surface area contributed by atoms with Crippen LogP contribution in [0.4, 0.5) is 13.2 Å². The van der Waals surface area contributed by atoms with Gasteiger partial charge in [0.05, 0.1) is 0 Å². The first-order valence-corrected chi connectivity index (χ1v) is 7.03. The molecule has 0 radical (unpaired) electrons. The van der Waals surface area contributed by atoms with Crippen LogP contribution in [0.1, 0.15) is 13.8 Å². The van der Waals surface area contributed by atoms with Crippen LogP contribution in [0.5, 0.6) is 0 Å². The van der Waals surface area contributed by atoms with Crippen molar-refractivity contribution in [2.45, 2.75) is 24.8 Å². The number of nitrogens with one attached hydrogen (secondary N) is 1. The van der Waals surface area contributed by atoms with E-state index in [9.17, 15) is 21.6 Å². The van der Waals surface area contributed by atoms with Crippen molar-refractivity contribution in [2.75, 3.05) is 6.54 Å². The highest BCUT2D eigenvalue weighted by atomic mass is 32.2. The van der Waals surface area contributed by atoms with Crippen LogP contribution in [0, 0.1) is 23.4 Å². The maximum Gasteiger partial charge on any atom is 0.246 e. The third kappa shape index (κ3) is 3.92. The summed E-state index contributed by atoms with van der Waals surface area (Å²) in [7, 11) is -4.41. The fraction of sp³-hybridized carbons (Fsp3) is 0.455. The molecule has 0 heterocycles. The van der Waals surface area contributed by atoms with E-state index in [4.69, 9.17) is 5.73 Å². The molecule has 0 aliphatic rings. The van der Waals surface area contributed by atoms with Crippen LogP contribution < -0.4 is 10.5 Å². The molecule has 8 heteroatoms. The first-order chi connectivity index (χ1) is 8.65. The molecule has 108 valence electrons. The van der Waals surface area contributed by atoms with Gasteiger partial charge < -0.3 is 5.73 Å². The van der Waals surface area contributed by atoms with E-state index < -0.39 is 38.4 Å². The molecule has 1 atom stereocenters. The molecule has 0 saturated carbocycles. The van der Waals surface area contributed by atoms with Crippen LogP contribution in [0.15, 0.2) is 17.0 Å². The van der Waals surface area contributed by atoms with Crippen molar-refractivity contribution >= 4 is 10.0 Å². The topological polar surface area (TPSA) is 72.2 Å². The van der Waals surface area contributed by atoms with Gasteiger partial charge in [0.25, 0.3) is 0 Å². The molecule has 0 amide bonds. The highest BCUT2D eigenvalue weighted by Gasteiger charge is 2.25. The number of benzene rings is 1. The maximum absolute atomic E-state index is 13.4. The van der Waals surface area contributed by atoms with E-state index in [1.54, 1.807) is 13.8 Å². The predicted octanol–water partition coefficient (Wildman–Crippen LogP) is 1.37. The van der Waals surface area contributed by atoms with Crippen LogP contribution >= 0.6 is 0 Å². The quantitative estimate of drug-likeness (QED) is 0.862. The number of hydrogen-bond acceptors (Lipinski definition) is 3. The molecule has 19 heavy (non-hydrogen) atoms. The molecule has 1 rings (SSSR count). The summed E-state index contributed by atoms with van der Waals surface area (Å²) in [6.07, 6.45) is 0. The summed E-state index contributed by atoms with van der Waals surface area (Å²) in [5, 5.41) is 0. The van der Waals surface area contributed by atoms with E-state index in [2.05, 4.69) is 0 Å². The van der Waals surface area contributed by atoms with Crippen molar-refractivity contribution in [3.8, 4) is 0 Å². The predicted molar refractivity (Wildman–Crippen MR) is 64.3 cm³/mol. The van der Waals surface area contributed by atoms with Crippen molar-refractivity contribution in [1.82, 2.24) is 4.72 Å². The Morgan fingerprint density at radius 3 is 2.11 bits per heavy atom. The monoisotopic (exact) mass is 296 g/mol. The molecule has 0 aromatic heterocycles. The average molecular weight is 296 g/mol. The average Bonchev–Trinajstić information content (AvgIpc) is 2.23. The zero-order valence-electron chi connectivity index (χ0n) is 10.5. The van der Waals surface area contributed by atoms with Gasteiger partial charge in [-0.25, -0.2) is 26.3 Å². The third-order valence-electron chi connectivity index (χ3n) is 2.60. The molecule has 4 nitrogen and oxygen atoms in total. The van der Waals surface area contributed by atoms with Crippen molar-refractivity contribution < 1.29 is 21.6 Å². The Kier molecular flexibility index (Phi) is 4.94. The maximum atomic E-state index is 13.4. The van der Waals surface area contributed by atoms with Gasteiger partial charge in [-0.3, -0.25) is 0 Å². The van der Waals surface area contributed by atoms with Crippen LogP contribution in [-0.2, 0) is 10.0 Å². The Balaban J connectivity index is 3.02. The number of hydrogen-bond donors (Lipinski definition) is 2. The molecule has 1 unspecified atom stereocenters. The Bertz CT molecular complexity index is 538. The molecule has 0 fully saturated rings. The minimum Gasteiger partial charge on any atom is -0.326 e. The van der Waals surface area contributed by atoms with Gasteiger partial charge in [0, 0.05) is 24.7 Å². The van der Waals surface area contributed by atoms with E-state index >= 15 is 0 Å². The molecular weight excluding hydrogens is 281 g/mol. The van der Waals surface area contributed by atoms with Crippen molar-refractivity contribution in [3.05, 3.63) is 29.6 Å². The van der Waals surface area contributed by atoms with Crippen LogP contribution in [-0.4, -0.2) is 21.0 Å². The Labute approximate surface area is 109 Å². The first-order valence-electron chi connectivity index (χ1n) is 5.55. The standard InChI is InChI=1S/C11H15F3N2O2S/c1-6(2)10(15)5-16-19(17,18)11-8(13)3-7(12)4-9(11)14/h3-4,6,10,16H,5,15H2,1-2H3. The molecule has 3 N–H and O–H groups in total. The van der Waals surface area contributed by atoms with Gasteiger partial charge in [0.15, 0.2) is 4.90 Å². The second kappa shape index (κ2) is 5.89. The summed E-state index contributed by atoms with van der Waals surface area (Å²) in [5.74, 6) is -4.16. The van der Waals surface area contributed by atoms with E-state index in [0.717, 1.165) is 0 Å². The van der Waals surface area contributed by atoms with E-state index in [1.165, 1.54) is 0 Å². The lowest BCUT2D eigenvalue weighted by molar-refractivity contribution is 0.471. The molecule has 1 aromatic carbocycles. The second-order valence-corrected chi connectivity index (χ2v) is 6.16. The highest BCUT2D eigenvalue weighted by molar-refractivity contribution is 7.89. The Morgan fingerprint density at radius 2 is 1.68 bits per heavy atom. The number of rotatable bonds is 5. The fourth-order valence-electron chi connectivity index (χ4n) is 1.30. The van der Waals surface area contributed by atoms with E-state index in [1.807, 2.05) is 4.72 Å². The number of nitrogens with two attached hydrogens (primary N) is 1. The normalized spacial score (nSPS) is 13.8. The van der Waals surface area contributed by atoms with Gasteiger partial charge in [0.1, 0.15) is 17.5 Å². The van der Waals surface area contributed by atoms with Crippen molar-refractivity contribution in [3.63, 3.8) is 0 Å². The summed E-state index contributed by atoms with van der Waals surface area (Å²) in [6, 6.07) is 0.112. The smallest absolute Gasteiger partial charge is 0.246 e. The Morgan fingerprint density at radius 1 is 1.21 bits per heavy atom. The Hall–Kier alpha value is -1.12. The molecule has 0 bridgehead atoms. The van der Waals surface area contributed by atoms with Gasteiger partial charge in [-0.2, -0.15) is 0 Å². The van der Waals surface area contributed by atoms with Gasteiger partial charge in [-0.1, -0.05) is 13.8 Å². The fourth-order valence-corrected chi connectivity index (χ4v) is 2.49. The second-order valence-electron chi connectivity index (χ2n) is 4.46. The van der Waals surface area contributed by atoms with Crippen LogP contribution in [0.2, 0.25) is 0 Å².